The molecule has 1 saturated heterocycles. The van der Waals surface area contributed by atoms with Crippen LogP contribution in [0.1, 0.15) is 15.9 Å². The number of hydrogen-bond acceptors (Lipinski definition) is 5. The van der Waals surface area contributed by atoms with Crippen LogP contribution in [0.15, 0.2) is 88.8 Å². The highest BCUT2D eigenvalue weighted by atomic mass is 35.5. The van der Waals surface area contributed by atoms with Gasteiger partial charge in [-0.15, -0.1) is 0 Å². The first-order chi connectivity index (χ1) is 14.6. The number of amides is 1. The van der Waals surface area contributed by atoms with Crippen molar-refractivity contribution in [3.8, 4) is 5.75 Å². The second-order valence-corrected chi connectivity index (χ2v) is 7.69. The molecule has 1 heterocycles. The first-order valence-electron chi connectivity index (χ1n) is 9.00. The van der Waals surface area contributed by atoms with Crippen molar-refractivity contribution in [1.29, 1.82) is 0 Å². The van der Waals surface area contributed by atoms with E-state index in [4.69, 9.17) is 16.3 Å². The molecule has 5 nitrogen and oxygen atoms in total. The van der Waals surface area contributed by atoms with Crippen molar-refractivity contribution in [2.45, 2.75) is 0 Å². The van der Waals surface area contributed by atoms with Gasteiger partial charge in [0.15, 0.2) is 5.17 Å². The molecule has 4 rings (SSSR count). The number of halogens is 1. The van der Waals surface area contributed by atoms with Gasteiger partial charge in [-0.2, -0.15) is 0 Å². The van der Waals surface area contributed by atoms with E-state index in [-0.39, 0.29) is 5.91 Å². The number of para-hydroxylation sites is 1. The Balaban J connectivity index is 1.45. The number of carbonyl (C=O) groups is 2. The molecule has 1 aliphatic rings. The quantitative estimate of drug-likeness (QED) is 0.337. The maximum atomic E-state index is 12.2. The lowest BCUT2D eigenvalue weighted by molar-refractivity contribution is -0.115. The lowest BCUT2D eigenvalue weighted by Crippen LogP contribution is -2.19. The zero-order valence-corrected chi connectivity index (χ0v) is 17.1. The lowest BCUT2D eigenvalue weighted by Gasteiger charge is -2.06. The number of aliphatic imine (C=N–C) groups is 1. The van der Waals surface area contributed by atoms with Crippen LogP contribution >= 0.6 is 23.4 Å². The number of nitrogens with one attached hydrogen (secondary N) is 1. The van der Waals surface area contributed by atoms with Gasteiger partial charge in [-0.3, -0.25) is 4.79 Å². The Morgan fingerprint density at radius 2 is 1.67 bits per heavy atom. The minimum Gasteiger partial charge on any atom is -0.423 e. The fourth-order valence-corrected chi connectivity index (χ4v) is 3.73. The topological polar surface area (TPSA) is 67.8 Å². The first-order valence-corrected chi connectivity index (χ1v) is 10.2. The highest BCUT2D eigenvalue weighted by molar-refractivity contribution is 8.18. The molecule has 1 fully saturated rings. The van der Waals surface area contributed by atoms with E-state index < -0.39 is 5.97 Å². The largest absolute Gasteiger partial charge is 0.423 e. The summed E-state index contributed by atoms with van der Waals surface area (Å²) in [4.78, 5) is 29.4. The molecule has 148 valence electrons. The van der Waals surface area contributed by atoms with Crippen LogP contribution < -0.4 is 10.1 Å². The van der Waals surface area contributed by atoms with Gasteiger partial charge in [-0.1, -0.05) is 54.1 Å². The number of carbonyl (C=O) groups excluding carboxylic acids is 2. The van der Waals surface area contributed by atoms with Crippen molar-refractivity contribution in [3.05, 3.63) is 99.9 Å². The third-order valence-electron chi connectivity index (χ3n) is 4.12. The Hall–Kier alpha value is -3.35. The molecular weight excluding hydrogens is 420 g/mol. The summed E-state index contributed by atoms with van der Waals surface area (Å²) in [5.41, 5.74) is 1.87. The molecule has 3 aromatic carbocycles. The zero-order valence-electron chi connectivity index (χ0n) is 15.5. The number of esters is 1. The fourth-order valence-electron chi connectivity index (χ4n) is 2.67. The molecule has 0 radical (unpaired) electrons. The van der Waals surface area contributed by atoms with Gasteiger partial charge in [-0.25, -0.2) is 9.79 Å². The molecule has 0 aliphatic carbocycles. The fraction of sp³-hybridized carbons (Fsp3) is 0. The number of benzene rings is 3. The SMILES string of the molecule is O=C1NC(=Nc2ccccc2)S/C1=C/c1ccc(OC(=O)c2ccccc2Cl)cc1. The Bertz CT molecular complexity index is 1160. The summed E-state index contributed by atoms with van der Waals surface area (Å²) in [5, 5.41) is 3.62. The van der Waals surface area contributed by atoms with E-state index in [1.54, 1.807) is 54.6 Å². The molecule has 1 aliphatic heterocycles. The summed E-state index contributed by atoms with van der Waals surface area (Å²) in [6.45, 7) is 0. The number of amidine groups is 1. The molecule has 0 spiro atoms. The maximum absolute atomic E-state index is 12.2. The highest BCUT2D eigenvalue weighted by Crippen LogP contribution is 2.28. The number of ether oxygens (including phenoxy) is 1. The Morgan fingerprint density at radius 3 is 2.40 bits per heavy atom. The van der Waals surface area contributed by atoms with Crippen molar-refractivity contribution in [1.82, 2.24) is 5.32 Å². The van der Waals surface area contributed by atoms with Gasteiger partial charge in [0.2, 0.25) is 0 Å². The van der Waals surface area contributed by atoms with E-state index in [1.165, 1.54) is 11.8 Å². The number of rotatable bonds is 4. The molecule has 30 heavy (non-hydrogen) atoms. The van der Waals surface area contributed by atoms with Crippen LogP contribution in [0, 0.1) is 0 Å². The van der Waals surface area contributed by atoms with Crippen LogP contribution in [0.5, 0.6) is 5.75 Å². The summed E-state index contributed by atoms with van der Waals surface area (Å²) in [5.74, 6) is -0.347. The number of hydrogen-bond donors (Lipinski definition) is 1. The molecule has 0 atom stereocenters. The van der Waals surface area contributed by atoms with E-state index in [9.17, 15) is 9.59 Å². The van der Waals surface area contributed by atoms with Crippen LogP contribution in [0.3, 0.4) is 0 Å². The van der Waals surface area contributed by atoms with Crippen LogP contribution in [0.4, 0.5) is 5.69 Å². The van der Waals surface area contributed by atoms with Crippen LogP contribution in [0.2, 0.25) is 5.02 Å². The summed E-state index contributed by atoms with van der Waals surface area (Å²) in [6, 6.07) is 23.0. The van der Waals surface area contributed by atoms with Crippen molar-refractivity contribution < 1.29 is 14.3 Å². The van der Waals surface area contributed by atoms with E-state index in [0.29, 0.717) is 26.4 Å². The van der Waals surface area contributed by atoms with Gasteiger partial charge in [-0.05, 0) is 59.8 Å². The molecule has 3 aromatic rings. The first kappa shape index (κ1) is 19.9. The minimum atomic E-state index is -0.529. The number of nitrogens with zero attached hydrogens (tertiary/aromatic N) is 1. The lowest BCUT2D eigenvalue weighted by atomic mass is 10.2. The van der Waals surface area contributed by atoms with Gasteiger partial charge in [0, 0.05) is 0 Å². The zero-order chi connectivity index (χ0) is 20.9. The normalized spacial score (nSPS) is 16.0. The van der Waals surface area contributed by atoms with Crippen molar-refractivity contribution >= 4 is 52.2 Å². The van der Waals surface area contributed by atoms with Crippen molar-refractivity contribution in [3.63, 3.8) is 0 Å². The van der Waals surface area contributed by atoms with Gasteiger partial charge in [0.05, 0.1) is 21.2 Å². The summed E-state index contributed by atoms with van der Waals surface area (Å²) in [7, 11) is 0. The second-order valence-electron chi connectivity index (χ2n) is 6.26. The molecule has 7 heteroatoms. The van der Waals surface area contributed by atoms with E-state index in [1.807, 2.05) is 30.3 Å². The minimum absolute atomic E-state index is 0.205. The summed E-state index contributed by atoms with van der Waals surface area (Å²) >= 11 is 7.30. The molecule has 0 bridgehead atoms. The molecular formula is C23H15ClN2O3S. The van der Waals surface area contributed by atoms with Gasteiger partial charge < -0.3 is 10.1 Å². The Morgan fingerprint density at radius 1 is 0.967 bits per heavy atom. The Kier molecular flexibility index (Phi) is 5.97. The summed E-state index contributed by atoms with van der Waals surface area (Å²) < 4.78 is 5.36. The van der Waals surface area contributed by atoms with Crippen LogP contribution in [-0.2, 0) is 4.79 Å². The average molecular weight is 435 g/mol. The standard InChI is InChI=1S/C23H15ClN2O3S/c24-19-9-5-4-8-18(19)22(28)29-17-12-10-15(11-13-17)14-20-21(27)26-23(30-20)25-16-6-2-1-3-7-16/h1-14H,(H,25,26,27)/b20-14+. The van der Waals surface area contributed by atoms with Gasteiger partial charge in [0.25, 0.3) is 5.91 Å². The predicted octanol–water partition coefficient (Wildman–Crippen LogP) is 5.45. The van der Waals surface area contributed by atoms with Crippen LogP contribution in [0.25, 0.3) is 6.08 Å². The van der Waals surface area contributed by atoms with Gasteiger partial charge in [0.1, 0.15) is 5.75 Å². The van der Waals surface area contributed by atoms with E-state index in [0.717, 1.165) is 11.3 Å². The molecule has 0 saturated carbocycles. The average Bonchev–Trinajstić information content (AvgIpc) is 3.09. The highest BCUT2D eigenvalue weighted by Gasteiger charge is 2.23. The second kappa shape index (κ2) is 8.98. The smallest absolute Gasteiger partial charge is 0.345 e. The molecule has 0 aromatic heterocycles. The predicted molar refractivity (Wildman–Crippen MR) is 120 cm³/mol. The number of thioether (sulfide) groups is 1. The molecule has 1 amide bonds. The Labute approximate surface area is 182 Å². The molecule has 1 N–H and O–H groups in total. The van der Waals surface area contributed by atoms with Gasteiger partial charge >= 0.3 is 5.97 Å². The van der Waals surface area contributed by atoms with E-state index in [2.05, 4.69) is 10.3 Å². The monoisotopic (exact) mass is 434 g/mol. The van der Waals surface area contributed by atoms with Crippen LogP contribution in [-0.4, -0.2) is 17.0 Å². The maximum Gasteiger partial charge on any atom is 0.345 e. The molecule has 0 unspecified atom stereocenters. The third kappa shape index (κ3) is 4.79. The summed E-state index contributed by atoms with van der Waals surface area (Å²) in [6.07, 6.45) is 1.76. The van der Waals surface area contributed by atoms with Crippen molar-refractivity contribution in [2.75, 3.05) is 0 Å². The van der Waals surface area contributed by atoms with Crippen molar-refractivity contribution in [2.24, 2.45) is 4.99 Å². The van der Waals surface area contributed by atoms with E-state index >= 15 is 0 Å². The third-order valence-corrected chi connectivity index (χ3v) is 5.36.